The summed E-state index contributed by atoms with van der Waals surface area (Å²) in [5.74, 6) is 0.0170. The van der Waals surface area contributed by atoms with Crippen molar-refractivity contribution >= 4 is 15.9 Å². The summed E-state index contributed by atoms with van der Waals surface area (Å²) in [6.07, 6.45) is 3.91. The maximum Gasteiger partial charge on any atom is 0.287 e. The van der Waals surface area contributed by atoms with Gasteiger partial charge < -0.3 is 9.73 Å². The van der Waals surface area contributed by atoms with Gasteiger partial charge >= 0.3 is 0 Å². The molecule has 0 aliphatic carbocycles. The zero-order valence-electron chi connectivity index (χ0n) is 13.4. The predicted molar refractivity (Wildman–Crippen MR) is 91.0 cm³/mol. The molecule has 1 aromatic heterocycles. The van der Waals surface area contributed by atoms with E-state index in [0.29, 0.717) is 25.9 Å². The van der Waals surface area contributed by atoms with E-state index in [4.69, 9.17) is 4.42 Å². The third kappa shape index (κ3) is 3.68. The Kier molecular flexibility index (Phi) is 4.73. The predicted octanol–water partition coefficient (Wildman–Crippen LogP) is 2.10. The van der Waals surface area contributed by atoms with Crippen molar-refractivity contribution in [2.24, 2.45) is 0 Å². The molecule has 1 fully saturated rings. The fourth-order valence-electron chi connectivity index (χ4n) is 2.91. The minimum atomic E-state index is -3.16. The van der Waals surface area contributed by atoms with Crippen LogP contribution < -0.4 is 5.32 Å². The molecule has 1 aliphatic rings. The van der Waals surface area contributed by atoms with Crippen molar-refractivity contribution in [3.05, 3.63) is 48.4 Å². The van der Waals surface area contributed by atoms with Crippen LogP contribution in [0.1, 0.15) is 23.4 Å². The molecule has 2 heterocycles. The van der Waals surface area contributed by atoms with Crippen molar-refractivity contribution in [3.63, 3.8) is 0 Å². The molecule has 3 rings (SSSR count). The second-order valence-electron chi connectivity index (χ2n) is 5.94. The number of amides is 1. The average molecular weight is 348 g/mol. The van der Waals surface area contributed by atoms with Crippen LogP contribution in [0.25, 0.3) is 11.1 Å². The minimum absolute atomic E-state index is 0.0516. The van der Waals surface area contributed by atoms with Crippen molar-refractivity contribution < 1.29 is 17.6 Å². The van der Waals surface area contributed by atoms with Crippen LogP contribution in [0.2, 0.25) is 0 Å². The Morgan fingerprint density at radius 2 is 1.83 bits per heavy atom. The monoisotopic (exact) mass is 348 g/mol. The lowest BCUT2D eigenvalue weighted by Crippen LogP contribution is -2.46. The number of sulfonamides is 1. The number of nitrogens with zero attached hydrogens (tertiary/aromatic N) is 1. The van der Waals surface area contributed by atoms with Crippen LogP contribution >= 0.6 is 0 Å². The van der Waals surface area contributed by atoms with E-state index in [-0.39, 0.29) is 17.7 Å². The highest BCUT2D eigenvalue weighted by Gasteiger charge is 2.27. The molecule has 0 saturated carbocycles. The molecule has 7 heteroatoms. The SMILES string of the molecule is CS(=O)(=O)N1CCC(NC(=O)c2occc2-c2ccccc2)CC1. The average Bonchev–Trinajstić information content (AvgIpc) is 3.05. The topological polar surface area (TPSA) is 79.6 Å². The number of piperidine rings is 1. The largest absolute Gasteiger partial charge is 0.459 e. The summed E-state index contributed by atoms with van der Waals surface area (Å²) < 4.78 is 29.9. The Morgan fingerprint density at radius 3 is 2.46 bits per heavy atom. The van der Waals surface area contributed by atoms with Gasteiger partial charge in [0.05, 0.1) is 12.5 Å². The van der Waals surface area contributed by atoms with Gasteiger partial charge in [-0.05, 0) is 24.5 Å². The number of furan rings is 1. The Bertz CT molecular complexity index is 806. The Hall–Kier alpha value is -2.12. The second-order valence-corrected chi connectivity index (χ2v) is 7.92. The summed E-state index contributed by atoms with van der Waals surface area (Å²) in [6.45, 7) is 0.848. The first-order valence-corrected chi connectivity index (χ1v) is 9.69. The van der Waals surface area contributed by atoms with Gasteiger partial charge in [0.25, 0.3) is 5.91 Å². The molecule has 0 bridgehead atoms. The van der Waals surface area contributed by atoms with Crippen molar-refractivity contribution in [1.82, 2.24) is 9.62 Å². The van der Waals surface area contributed by atoms with Gasteiger partial charge in [0, 0.05) is 24.7 Å². The fourth-order valence-corrected chi connectivity index (χ4v) is 3.79. The standard InChI is InChI=1S/C17H20N2O4S/c1-24(21,22)19-10-7-14(8-11-19)18-17(20)16-15(9-12-23-16)13-5-3-2-4-6-13/h2-6,9,12,14H,7-8,10-11H2,1H3,(H,18,20). The van der Waals surface area contributed by atoms with Crippen LogP contribution in [0.4, 0.5) is 0 Å². The number of carbonyl (C=O) groups is 1. The van der Waals surface area contributed by atoms with Gasteiger partial charge in [-0.3, -0.25) is 4.79 Å². The van der Waals surface area contributed by atoms with E-state index in [1.807, 2.05) is 30.3 Å². The molecule has 6 nitrogen and oxygen atoms in total. The number of carbonyl (C=O) groups excluding carboxylic acids is 1. The summed E-state index contributed by atoms with van der Waals surface area (Å²) >= 11 is 0. The highest BCUT2D eigenvalue weighted by Crippen LogP contribution is 2.25. The number of hydrogen-bond donors (Lipinski definition) is 1. The van der Waals surface area contributed by atoms with Gasteiger partial charge in [0.2, 0.25) is 10.0 Å². The summed E-state index contributed by atoms with van der Waals surface area (Å²) in [5, 5.41) is 2.95. The number of rotatable bonds is 4. The van der Waals surface area contributed by atoms with Gasteiger partial charge in [0.15, 0.2) is 5.76 Å². The minimum Gasteiger partial charge on any atom is -0.459 e. The third-order valence-corrected chi connectivity index (χ3v) is 5.52. The Morgan fingerprint density at radius 1 is 1.17 bits per heavy atom. The van der Waals surface area contributed by atoms with E-state index < -0.39 is 10.0 Å². The van der Waals surface area contributed by atoms with Gasteiger partial charge in [-0.15, -0.1) is 0 Å². The van der Waals surface area contributed by atoms with Crippen molar-refractivity contribution in [2.45, 2.75) is 18.9 Å². The van der Waals surface area contributed by atoms with E-state index in [9.17, 15) is 13.2 Å². The summed E-state index contributed by atoms with van der Waals surface area (Å²) in [6, 6.07) is 11.3. The maximum atomic E-state index is 12.5. The first kappa shape index (κ1) is 16.7. The molecular weight excluding hydrogens is 328 g/mol. The molecule has 128 valence electrons. The van der Waals surface area contributed by atoms with Crippen LogP contribution in [-0.4, -0.2) is 44.0 Å². The van der Waals surface area contributed by atoms with Gasteiger partial charge in [-0.1, -0.05) is 30.3 Å². The Labute approximate surface area is 141 Å². The smallest absolute Gasteiger partial charge is 0.287 e. The molecule has 24 heavy (non-hydrogen) atoms. The van der Waals surface area contributed by atoms with Gasteiger partial charge in [-0.2, -0.15) is 0 Å². The van der Waals surface area contributed by atoms with E-state index in [0.717, 1.165) is 11.1 Å². The first-order valence-electron chi connectivity index (χ1n) is 7.84. The molecule has 0 unspecified atom stereocenters. The summed E-state index contributed by atoms with van der Waals surface area (Å²) in [5.41, 5.74) is 1.67. The van der Waals surface area contributed by atoms with Crippen molar-refractivity contribution in [3.8, 4) is 11.1 Å². The van der Waals surface area contributed by atoms with Crippen LogP contribution in [0.15, 0.2) is 47.1 Å². The zero-order valence-corrected chi connectivity index (χ0v) is 14.3. The number of nitrogens with one attached hydrogen (secondary N) is 1. The molecule has 1 saturated heterocycles. The molecule has 0 atom stereocenters. The lowest BCUT2D eigenvalue weighted by Gasteiger charge is -2.30. The van der Waals surface area contributed by atoms with Crippen LogP contribution in [-0.2, 0) is 10.0 Å². The van der Waals surface area contributed by atoms with Crippen LogP contribution in [0.3, 0.4) is 0 Å². The van der Waals surface area contributed by atoms with E-state index in [1.165, 1.54) is 16.8 Å². The number of benzene rings is 1. The third-order valence-electron chi connectivity index (χ3n) is 4.21. The first-order chi connectivity index (χ1) is 11.4. The molecule has 1 aromatic carbocycles. The van der Waals surface area contributed by atoms with Crippen LogP contribution in [0, 0.1) is 0 Å². The quantitative estimate of drug-likeness (QED) is 0.918. The van der Waals surface area contributed by atoms with Gasteiger partial charge in [-0.25, -0.2) is 12.7 Å². The second kappa shape index (κ2) is 6.78. The lowest BCUT2D eigenvalue weighted by molar-refractivity contribution is 0.0896. The molecule has 1 aliphatic heterocycles. The normalized spacial score (nSPS) is 16.9. The van der Waals surface area contributed by atoms with Crippen LogP contribution in [0.5, 0.6) is 0 Å². The molecule has 1 amide bonds. The molecule has 2 aromatic rings. The highest BCUT2D eigenvalue weighted by molar-refractivity contribution is 7.88. The molecule has 0 radical (unpaired) electrons. The molecular formula is C17H20N2O4S. The maximum absolute atomic E-state index is 12.5. The van der Waals surface area contributed by atoms with E-state index in [2.05, 4.69) is 5.32 Å². The molecule has 1 N–H and O–H groups in total. The summed E-state index contributed by atoms with van der Waals surface area (Å²) in [4.78, 5) is 12.5. The summed E-state index contributed by atoms with van der Waals surface area (Å²) in [7, 11) is -3.16. The van der Waals surface area contributed by atoms with Gasteiger partial charge in [0.1, 0.15) is 0 Å². The Balaban J connectivity index is 1.66. The zero-order chi connectivity index (χ0) is 17.2. The number of hydrogen-bond acceptors (Lipinski definition) is 4. The fraction of sp³-hybridized carbons (Fsp3) is 0.353. The highest BCUT2D eigenvalue weighted by atomic mass is 32.2. The van der Waals surface area contributed by atoms with Crippen molar-refractivity contribution in [1.29, 1.82) is 0 Å². The van der Waals surface area contributed by atoms with Crippen molar-refractivity contribution in [2.75, 3.05) is 19.3 Å². The lowest BCUT2D eigenvalue weighted by atomic mass is 10.0. The molecule has 0 spiro atoms. The van der Waals surface area contributed by atoms with E-state index in [1.54, 1.807) is 6.07 Å². The van der Waals surface area contributed by atoms with E-state index >= 15 is 0 Å².